The maximum Gasteiger partial charge on any atom is -0.00944 e. The maximum absolute atomic E-state index is 2.42. The van der Waals surface area contributed by atoms with Crippen LogP contribution >= 0.6 is 0 Å². The van der Waals surface area contributed by atoms with E-state index < -0.39 is 0 Å². The van der Waals surface area contributed by atoms with Crippen molar-refractivity contribution in [1.82, 2.24) is 0 Å². The molecule has 1 fully saturated rings. The van der Waals surface area contributed by atoms with Gasteiger partial charge in [0.15, 0.2) is 0 Å². The Kier molecular flexibility index (Phi) is 2.18. The van der Waals surface area contributed by atoms with Crippen molar-refractivity contribution in [2.24, 2.45) is 17.3 Å². The highest BCUT2D eigenvalue weighted by Crippen LogP contribution is 2.56. The van der Waals surface area contributed by atoms with E-state index in [4.69, 9.17) is 0 Å². The number of rotatable bonds is 0. The van der Waals surface area contributed by atoms with Crippen LogP contribution in [-0.2, 0) is 6.42 Å². The lowest BCUT2D eigenvalue weighted by molar-refractivity contribution is 0.216. The molecule has 0 bridgehead atoms. The lowest BCUT2D eigenvalue weighted by atomic mass is 9.72. The first kappa shape index (κ1) is 10.4. The van der Waals surface area contributed by atoms with Gasteiger partial charge in [-0.1, -0.05) is 45.0 Å². The molecule has 1 aromatic carbocycles. The highest BCUT2D eigenvalue weighted by molar-refractivity contribution is 5.38. The first-order chi connectivity index (χ1) is 7.57. The van der Waals surface area contributed by atoms with Gasteiger partial charge in [-0.3, -0.25) is 0 Å². The first-order valence-corrected chi connectivity index (χ1v) is 6.65. The van der Waals surface area contributed by atoms with Gasteiger partial charge in [0.05, 0.1) is 0 Å². The third kappa shape index (κ3) is 1.43. The molecule has 0 amide bonds. The molecule has 0 N–H and O–H groups in total. The summed E-state index contributed by atoms with van der Waals surface area (Å²) in [4.78, 5) is 0. The minimum atomic E-state index is 0.469. The molecule has 1 saturated carbocycles. The highest BCUT2D eigenvalue weighted by Gasteiger charge is 2.46. The SMILES string of the molecule is CC(C)(C)C1CCC2Cc3ccccc3C21. The molecule has 0 heterocycles. The van der Waals surface area contributed by atoms with Crippen molar-refractivity contribution in [3.05, 3.63) is 35.4 Å². The summed E-state index contributed by atoms with van der Waals surface area (Å²) in [5, 5.41) is 0. The average molecular weight is 214 g/mol. The number of benzene rings is 1. The van der Waals surface area contributed by atoms with Crippen molar-refractivity contribution in [2.75, 3.05) is 0 Å². The molecule has 0 nitrogen and oxygen atoms in total. The van der Waals surface area contributed by atoms with Crippen LogP contribution in [0.25, 0.3) is 0 Å². The standard InChI is InChI=1S/C16H22/c1-16(2,3)14-9-8-12-10-11-6-4-5-7-13(11)15(12)14/h4-7,12,14-15H,8-10H2,1-3H3. The summed E-state index contributed by atoms with van der Waals surface area (Å²) < 4.78 is 0. The molecule has 0 spiro atoms. The van der Waals surface area contributed by atoms with Crippen LogP contribution in [-0.4, -0.2) is 0 Å². The third-order valence-electron chi connectivity index (χ3n) is 4.80. The summed E-state index contributed by atoms with van der Waals surface area (Å²) in [5.74, 6) is 2.69. The summed E-state index contributed by atoms with van der Waals surface area (Å²) in [6, 6.07) is 9.14. The van der Waals surface area contributed by atoms with Crippen LogP contribution in [0.4, 0.5) is 0 Å². The molecule has 0 saturated heterocycles. The van der Waals surface area contributed by atoms with Gasteiger partial charge in [0.25, 0.3) is 0 Å². The topological polar surface area (TPSA) is 0 Å². The van der Waals surface area contributed by atoms with Crippen molar-refractivity contribution >= 4 is 0 Å². The molecule has 86 valence electrons. The summed E-state index contributed by atoms with van der Waals surface area (Å²) in [6.45, 7) is 7.25. The van der Waals surface area contributed by atoms with E-state index in [1.807, 2.05) is 0 Å². The monoisotopic (exact) mass is 214 g/mol. The Bertz CT molecular complexity index is 397. The van der Waals surface area contributed by atoms with Gasteiger partial charge < -0.3 is 0 Å². The van der Waals surface area contributed by atoms with Gasteiger partial charge in [0.1, 0.15) is 0 Å². The van der Waals surface area contributed by atoms with Crippen LogP contribution in [0.15, 0.2) is 24.3 Å². The van der Waals surface area contributed by atoms with Crippen molar-refractivity contribution in [1.29, 1.82) is 0 Å². The second-order valence-electron chi connectivity index (χ2n) is 6.74. The number of fused-ring (bicyclic) bond motifs is 3. The quantitative estimate of drug-likeness (QED) is 0.600. The maximum atomic E-state index is 2.42. The molecular weight excluding hydrogens is 192 g/mol. The van der Waals surface area contributed by atoms with Crippen LogP contribution in [0, 0.1) is 17.3 Å². The van der Waals surface area contributed by atoms with Gasteiger partial charge in [-0.15, -0.1) is 0 Å². The zero-order valence-electron chi connectivity index (χ0n) is 10.7. The second-order valence-corrected chi connectivity index (χ2v) is 6.74. The van der Waals surface area contributed by atoms with Crippen LogP contribution < -0.4 is 0 Å². The zero-order chi connectivity index (χ0) is 11.3. The van der Waals surface area contributed by atoms with Gasteiger partial charge in [-0.2, -0.15) is 0 Å². The lowest BCUT2D eigenvalue weighted by Gasteiger charge is -2.32. The van der Waals surface area contributed by atoms with Gasteiger partial charge in [0.2, 0.25) is 0 Å². The Balaban J connectivity index is 2.01. The van der Waals surface area contributed by atoms with E-state index in [1.54, 1.807) is 11.1 Å². The fourth-order valence-electron chi connectivity index (χ4n) is 4.08. The fraction of sp³-hybridized carbons (Fsp3) is 0.625. The summed E-state index contributed by atoms with van der Waals surface area (Å²) in [7, 11) is 0. The summed E-state index contributed by atoms with van der Waals surface area (Å²) >= 11 is 0. The molecule has 3 atom stereocenters. The molecule has 3 unspecified atom stereocenters. The molecular formula is C16H22. The van der Waals surface area contributed by atoms with Crippen LogP contribution in [0.5, 0.6) is 0 Å². The number of hydrogen-bond acceptors (Lipinski definition) is 0. The van der Waals surface area contributed by atoms with Gasteiger partial charge >= 0.3 is 0 Å². The van der Waals surface area contributed by atoms with Gasteiger partial charge in [0, 0.05) is 0 Å². The molecule has 0 aromatic heterocycles. The minimum Gasteiger partial charge on any atom is -0.0620 e. The molecule has 0 radical (unpaired) electrons. The predicted octanol–water partition coefficient (Wildman–Crippen LogP) is 4.40. The zero-order valence-corrected chi connectivity index (χ0v) is 10.7. The van der Waals surface area contributed by atoms with Crippen molar-refractivity contribution in [3.63, 3.8) is 0 Å². The predicted molar refractivity (Wildman–Crippen MR) is 68.6 cm³/mol. The van der Waals surface area contributed by atoms with Crippen molar-refractivity contribution < 1.29 is 0 Å². The van der Waals surface area contributed by atoms with E-state index in [-0.39, 0.29) is 0 Å². The van der Waals surface area contributed by atoms with Crippen molar-refractivity contribution in [3.8, 4) is 0 Å². The van der Waals surface area contributed by atoms with E-state index in [2.05, 4.69) is 45.0 Å². The van der Waals surface area contributed by atoms with E-state index in [9.17, 15) is 0 Å². The largest absolute Gasteiger partial charge is 0.0620 e. The normalized spacial score (nSPS) is 32.6. The van der Waals surface area contributed by atoms with Crippen LogP contribution in [0.3, 0.4) is 0 Å². The molecule has 0 heteroatoms. The summed E-state index contributed by atoms with van der Waals surface area (Å²) in [5.41, 5.74) is 3.77. The average Bonchev–Trinajstić information content (AvgIpc) is 2.73. The van der Waals surface area contributed by atoms with E-state index in [1.165, 1.54) is 19.3 Å². The smallest absolute Gasteiger partial charge is 0.00944 e. The highest BCUT2D eigenvalue weighted by atomic mass is 14.5. The Labute approximate surface area is 99.1 Å². The molecule has 1 aromatic rings. The molecule has 2 aliphatic carbocycles. The molecule has 3 rings (SSSR count). The molecule has 0 aliphatic heterocycles. The van der Waals surface area contributed by atoms with E-state index >= 15 is 0 Å². The van der Waals surface area contributed by atoms with Crippen LogP contribution in [0.2, 0.25) is 0 Å². The fourth-order valence-corrected chi connectivity index (χ4v) is 4.08. The van der Waals surface area contributed by atoms with E-state index in [0.29, 0.717) is 5.41 Å². The van der Waals surface area contributed by atoms with Crippen LogP contribution in [0.1, 0.15) is 50.7 Å². The third-order valence-corrected chi connectivity index (χ3v) is 4.80. The Hall–Kier alpha value is -0.780. The lowest BCUT2D eigenvalue weighted by Crippen LogP contribution is -2.23. The van der Waals surface area contributed by atoms with E-state index in [0.717, 1.165) is 17.8 Å². The Morgan fingerprint density at radius 3 is 2.56 bits per heavy atom. The van der Waals surface area contributed by atoms with Gasteiger partial charge in [-0.05, 0) is 53.6 Å². The first-order valence-electron chi connectivity index (χ1n) is 6.65. The number of hydrogen-bond donors (Lipinski definition) is 0. The second kappa shape index (κ2) is 3.35. The van der Waals surface area contributed by atoms with Gasteiger partial charge in [-0.25, -0.2) is 0 Å². The Morgan fingerprint density at radius 1 is 1.06 bits per heavy atom. The Morgan fingerprint density at radius 2 is 1.81 bits per heavy atom. The summed E-state index contributed by atoms with van der Waals surface area (Å²) in [6.07, 6.45) is 4.22. The van der Waals surface area contributed by atoms with Crippen molar-refractivity contribution in [2.45, 2.75) is 46.0 Å². The molecule has 16 heavy (non-hydrogen) atoms. The molecule has 2 aliphatic rings. The minimum absolute atomic E-state index is 0.469.